The highest BCUT2D eigenvalue weighted by Crippen LogP contribution is 2.36. The van der Waals surface area contributed by atoms with E-state index in [0.717, 1.165) is 11.0 Å². The summed E-state index contributed by atoms with van der Waals surface area (Å²) in [5.74, 6) is -1.03. The lowest BCUT2D eigenvalue weighted by Crippen LogP contribution is -2.47. The van der Waals surface area contributed by atoms with Crippen molar-refractivity contribution in [2.24, 2.45) is 5.73 Å². The minimum atomic E-state index is -0.869. The van der Waals surface area contributed by atoms with Crippen molar-refractivity contribution in [3.05, 3.63) is 65.7 Å². The monoisotopic (exact) mass is 438 g/mol. The van der Waals surface area contributed by atoms with Crippen molar-refractivity contribution in [2.75, 3.05) is 7.11 Å². The van der Waals surface area contributed by atoms with Gasteiger partial charge in [-0.1, -0.05) is 54.6 Å². The third-order valence-corrected chi connectivity index (χ3v) is 6.18. The summed E-state index contributed by atoms with van der Waals surface area (Å²) in [6.07, 6.45) is -0.570. The van der Waals surface area contributed by atoms with Crippen LogP contribution in [0.4, 0.5) is 0 Å². The maximum atomic E-state index is 12.8. The molecule has 0 aliphatic carbocycles. The summed E-state index contributed by atoms with van der Waals surface area (Å²) < 4.78 is 17.5. The van der Waals surface area contributed by atoms with Gasteiger partial charge in [0.05, 0.1) is 11.2 Å². The molecule has 0 spiro atoms. The summed E-state index contributed by atoms with van der Waals surface area (Å²) in [7, 11) is 0.986. The number of carbonyl (C=O) groups is 2. The van der Waals surface area contributed by atoms with Crippen molar-refractivity contribution in [3.8, 4) is 0 Å². The van der Waals surface area contributed by atoms with E-state index in [9.17, 15) is 9.59 Å². The van der Waals surface area contributed by atoms with Gasteiger partial charge in [0.15, 0.2) is 6.10 Å². The van der Waals surface area contributed by atoms with E-state index in [0.29, 0.717) is 5.56 Å². The fourth-order valence-electron chi connectivity index (χ4n) is 3.52. The van der Waals surface area contributed by atoms with Crippen LogP contribution in [-0.2, 0) is 30.1 Å². The number of ether oxygens (including phenoxy) is 1. The smallest absolute Gasteiger partial charge is 0.399 e. The molecule has 1 heterocycles. The fourth-order valence-corrected chi connectivity index (χ4v) is 3.52. The maximum absolute atomic E-state index is 12.8. The molecule has 2 atom stereocenters. The first-order chi connectivity index (χ1) is 15.0. The zero-order chi connectivity index (χ0) is 23.5. The lowest BCUT2D eigenvalue weighted by atomic mass is 9.78. The van der Waals surface area contributed by atoms with Crippen LogP contribution in [-0.4, -0.2) is 43.3 Å². The molecular formula is C24H31BN2O5. The van der Waals surface area contributed by atoms with Gasteiger partial charge in [-0.25, -0.2) is 0 Å². The van der Waals surface area contributed by atoms with Crippen LogP contribution in [0.15, 0.2) is 54.6 Å². The minimum Gasteiger partial charge on any atom is -0.399 e. The highest BCUT2D eigenvalue weighted by atomic mass is 16.7. The van der Waals surface area contributed by atoms with Crippen LogP contribution in [0.3, 0.4) is 0 Å². The third kappa shape index (κ3) is 5.20. The van der Waals surface area contributed by atoms with Gasteiger partial charge in [0.2, 0.25) is 5.91 Å². The Balaban J connectivity index is 1.68. The quantitative estimate of drug-likeness (QED) is 0.614. The molecule has 2 amide bonds. The molecule has 0 unspecified atom stereocenters. The van der Waals surface area contributed by atoms with Crippen LogP contribution in [0.25, 0.3) is 0 Å². The van der Waals surface area contributed by atoms with Crippen molar-refractivity contribution in [3.63, 3.8) is 0 Å². The van der Waals surface area contributed by atoms with Gasteiger partial charge in [0.1, 0.15) is 6.04 Å². The van der Waals surface area contributed by atoms with Crippen molar-refractivity contribution >= 4 is 24.4 Å². The average molecular weight is 438 g/mol. The standard InChI is InChI=1S/C24H31BN2O5/c1-23(2)24(3,4)32-25(31-23)18-13-11-16(12-14-18)15-19(21(26)28)27-22(29)20(30-5)17-9-7-6-8-10-17/h6-14,19-20H,15H2,1-5H3,(H2,26,28)(H,27,29)/t19-,20+/m0/s1. The van der Waals surface area contributed by atoms with Crippen LogP contribution in [0.1, 0.15) is 44.9 Å². The Hall–Kier alpha value is -2.68. The maximum Gasteiger partial charge on any atom is 0.494 e. The van der Waals surface area contributed by atoms with Crippen LogP contribution in [0.2, 0.25) is 0 Å². The molecule has 1 aliphatic heterocycles. The normalized spacial score (nSPS) is 18.7. The molecule has 2 aromatic carbocycles. The Bertz CT molecular complexity index is 931. The number of primary amides is 1. The molecule has 8 heteroatoms. The first kappa shape index (κ1) is 24.0. The van der Waals surface area contributed by atoms with Gasteiger partial charge < -0.3 is 25.1 Å². The number of carbonyl (C=O) groups excluding carboxylic acids is 2. The molecule has 1 saturated heterocycles. The number of nitrogens with two attached hydrogens (primary N) is 1. The SMILES string of the molecule is CO[C@@H](C(=O)N[C@@H](Cc1ccc(B2OC(C)(C)C(C)(C)O2)cc1)C(N)=O)c1ccccc1. The molecule has 32 heavy (non-hydrogen) atoms. The van der Waals surface area contributed by atoms with E-state index in [-0.39, 0.29) is 6.42 Å². The van der Waals surface area contributed by atoms with E-state index >= 15 is 0 Å². The molecule has 0 saturated carbocycles. The predicted octanol–water partition coefficient (Wildman–Crippen LogP) is 1.89. The molecule has 0 radical (unpaired) electrons. The van der Waals surface area contributed by atoms with Crippen molar-refractivity contribution < 1.29 is 23.6 Å². The second-order valence-electron chi connectivity index (χ2n) is 9.02. The van der Waals surface area contributed by atoms with E-state index in [4.69, 9.17) is 19.8 Å². The van der Waals surface area contributed by atoms with E-state index in [1.165, 1.54) is 7.11 Å². The molecule has 3 N–H and O–H groups in total. The highest BCUT2D eigenvalue weighted by molar-refractivity contribution is 6.62. The summed E-state index contributed by atoms with van der Waals surface area (Å²) in [6.45, 7) is 8.02. The summed E-state index contributed by atoms with van der Waals surface area (Å²) in [5, 5.41) is 2.72. The Morgan fingerprint density at radius 3 is 2.06 bits per heavy atom. The molecule has 0 aromatic heterocycles. The number of amides is 2. The first-order valence-electron chi connectivity index (χ1n) is 10.7. The Morgan fingerprint density at radius 2 is 1.56 bits per heavy atom. The predicted molar refractivity (Wildman–Crippen MR) is 123 cm³/mol. The second kappa shape index (κ2) is 9.44. The number of benzene rings is 2. The minimum absolute atomic E-state index is 0.260. The third-order valence-electron chi connectivity index (χ3n) is 6.18. The average Bonchev–Trinajstić information content (AvgIpc) is 2.96. The van der Waals surface area contributed by atoms with Gasteiger partial charge in [-0.15, -0.1) is 0 Å². The van der Waals surface area contributed by atoms with Crippen molar-refractivity contribution in [1.29, 1.82) is 0 Å². The number of methoxy groups -OCH3 is 1. The Labute approximate surface area is 189 Å². The largest absolute Gasteiger partial charge is 0.494 e. The zero-order valence-corrected chi connectivity index (χ0v) is 19.3. The van der Waals surface area contributed by atoms with E-state index in [2.05, 4.69) is 5.32 Å². The van der Waals surface area contributed by atoms with Crippen LogP contribution < -0.4 is 16.5 Å². The van der Waals surface area contributed by atoms with E-state index < -0.39 is 42.3 Å². The van der Waals surface area contributed by atoms with Crippen molar-refractivity contribution in [1.82, 2.24) is 5.32 Å². The Morgan fingerprint density at radius 1 is 1.00 bits per heavy atom. The lowest BCUT2D eigenvalue weighted by molar-refractivity contribution is -0.134. The highest BCUT2D eigenvalue weighted by Gasteiger charge is 2.51. The van der Waals surface area contributed by atoms with Crippen molar-refractivity contribution in [2.45, 2.75) is 57.5 Å². The van der Waals surface area contributed by atoms with Crippen LogP contribution in [0.5, 0.6) is 0 Å². The van der Waals surface area contributed by atoms with E-state index in [1.807, 2.05) is 70.2 Å². The van der Waals surface area contributed by atoms with Gasteiger partial charge in [0, 0.05) is 13.5 Å². The van der Waals surface area contributed by atoms with Gasteiger partial charge >= 0.3 is 7.12 Å². The topological polar surface area (TPSA) is 99.9 Å². The number of hydrogen-bond donors (Lipinski definition) is 2. The number of nitrogens with one attached hydrogen (secondary N) is 1. The molecule has 170 valence electrons. The van der Waals surface area contributed by atoms with Gasteiger partial charge in [-0.2, -0.15) is 0 Å². The number of rotatable bonds is 8. The summed E-state index contributed by atoms with van der Waals surface area (Å²) >= 11 is 0. The molecule has 1 fully saturated rings. The summed E-state index contributed by atoms with van der Waals surface area (Å²) in [5.41, 5.74) is 7.15. The van der Waals surface area contributed by atoms with Gasteiger partial charge in [0.25, 0.3) is 5.91 Å². The van der Waals surface area contributed by atoms with Crippen LogP contribution >= 0.6 is 0 Å². The fraction of sp³-hybridized carbons (Fsp3) is 0.417. The molecule has 2 aromatic rings. The summed E-state index contributed by atoms with van der Waals surface area (Å²) in [6, 6.07) is 15.8. The van der Waals surface area contributed by atoms with Gasteiger partial charge in [-0.05, 0) is 44.3 Å². The molecule has 0 bridgehead atoms. The van der Waals surface area contributed by atoms with Gasteiger partial charge in [-0.3, -0.25) is 9.59 Å². The molecule has 1 aliphatic rings. The number of hydrogen-bond acceptors (Lipinski definition) is 5. The summed E-state index contributed by atoms with van der Waals surface area (Å²) in [4.78, 5) is 24.8. The molecule has 7 nitrogen and oxygen atoms in total. The lowest BCUT2D eigenvalue weighted by Gasteiger charge is -2.32. The molecule has 3 rings (SSSR count). The van der Waals surface area contributed by atoms with Crippen LogP contribution in [0, 0.1) is 0 Å². The molecular weight excluding hydrogens is 407 g/mol. The second-order valence-corrected chi connectivity index (χ2v) is 9.02. The van der Waals surface area contributed by atoms with E-state index in [1.54, 1.807) is 12.1 Å². The first-order valence-corrected chi connectivity index (χ1v) is 10.7. The zero-order valence-electron chi connectivity index (χ0n) is 19.3. The Kier molecular flexibility index (Phi) is 7.08.